The minimum atomic E-state index is 0.682. The molecule has 0 spiro atoms. The third-order valence-corrected chi connectivity index (χ3v) is 4.60. The molecular weight excluding hydrogens is 324 g/mol. The fraction of sp³-hybridized carbons (Fsp3) is 0.200. The Morgan fingerprint density at radius 3 is 2.58 bits per heavy atom. The second kappa shape index (κ2) is 6.55. The summed E-state index contributed by atoms with van der Waals surface area (Å²) in [4.78, 5) is 17.7. The highest BCUT2D eigenvalue weighted by atomic mass is 15.1. The van der Waals surface area contributed by atoms with E-state index < -0.39 is 0 Å². The Bertz CT molecular complexity index is 1070. The predicted octanol–water partition coefficient (Wildman–Crippen LogP) is 3.75. The molecule has 0 fully saturated rings. The summed E-state index contributed by atoms with van der Waals surface area (Å²) in [5.74, 6) is 1.71. The lowest BCUT2D eigenvalue weighted by atomic mass is 10.2. The van der Waals surface area contributed by atoms with Crippen molar-refractivity contribution in [3.05, 3.63) is 71.6 Å². The summed E-state index contributed by atoms with van der Waals surface area (Å²) in [7, 11) is 0. The van der Waals surface area contributed by atoms with Gasteiger partial charge in [-0.2, -0.15) is 0 Å². The van der Waals surface area contributed by atoms with E-state index in [-0.39, 0.29) is 0 Å². The average molecular weight is 344 g/mol. The summed E-state index contributed by atoms with van der Waals surface area (Å²) in [5, 5.41) is 4.47. The number of hydrogen-bond donors (Lipinski definition) is 1. The highest BCUT2D eigenvalue weighted by Gasteiger charge is 2.18. The predicted molar refractivity (Wildman–Crippen MR) is 102 cm³/mol. The maximum atomic E-state index is 4.67. The second-order valence-electron chi connectivity index (χ2n) is 6.31. The normalized spacial score (nSPS) is 11.0. The van der Waals surface area contributed by atoms with E-state index in [4.69, 9.17) is 0 Å². The molecule has 0 aromatic carbocycles. The molecule has 0 unspecified atom stereocenters. The van der Waals surface area contributed by atoms with Crippen molar-refractivity contribution in [2.24, 2.45) is 0 Å². The van der Waals surface area contributed by atoms with Crippen LogP contribution >= 0.6 is 0 Å². The minimum Gasteiger partial charge on any atom is -0.365 e. The summed E-state index contributed by atoms with van der Waals surface area (Å²) < 4.78 is 2.09. The first-order chi connectivity index (χ1) is 12.6. The molecule has 4 aromatic rings. The molecule has 130 valence electrons. The molecule has 0 atom stereocenters. The Balaban J connectivity index is 1.81. The van der Waals surface area contributed by atoms with E-state index in [1.165, 1.54) is 0 Å². The molecule has 0 aliphatic carbocycles. The van der Waals surface area contributed by atoms with E-state index in [9.17, 15) is 0 Å². The molecule has 6 heteroatoms. The van der Waals surface area contributed by atoms with Crippen LogP contribution in [0.2, 0.25) is 0 Å². The molecule has 0 aliphatic rings. The highest BCUT2D eigenvalue weighted by Crippen LogP contribution is 2.30. The Morgan fingerprint density at radius 1 is 1.00 bits per heavy atom. The van der Waals surface area contributed by atoms with Crippen molar-refractivity contribution in [3.63, 3.8) is 0 Å². The first kappa shape index (κ1) is 16.2. The summed E-state index contributed by atoms with van der Waals surface area (Å²) in [6.07, 6.45) is 5.19. The quantitative estimate of drug-likeness (QED) is 0.611. The molecule has 0 saturated heterocycles. The Labute approximate surface area is 152 Å². The van der Waals surface area contributed by atoms with Gasteiger partial charge in [-0.3, -0.25) is 9.55 Å². The molecule has 1 N–H and O–H groups in total. The van der Waals surface area contributed by atoms with Crippen LogP contribution in [0.5, 0.6) is 0 Å². The van der Waals surface area contributed by atoms with E-state index in [2.05, 4.69) is 43.7 Å². The number of aryl methyl sites for hydroxylation is 2. The maximum absolute atomic E-state index is 4.67. The monoisotopic (exact) mass is 344 g/mol. The molecule has 26 heavy (non-hydrogen) atoms. The molecular formula is C20H20N6. The van der Waals surface area contributed by atoms with Gasteiger partial charge in [0, 0.05) is 30.3 Å². The zero-order valence-electron chi connectivity index (χ0n) is 15.1. The fourth-order valence-corrected chi connectivity index (χ4v) is 3.15. The lowest BCUT2D eigenvalue weighted by Crippen LogP contribution is -2.04. The van der Waals surface area contributed by atoms with Gasteiger partial charge in [0.1, 0.15) is 18.0 Å². The molecule has 4 heterocycles. The van der Waals surface area contributed by atoms with Crippen molar-refractivity contribution >= 4 is 16.9 Å². The van der Waals surface area contributed by atoms with Crippen LogP contribution in [0.15, 0.2) is 49.1 Å². The van der Waals surface area contributed by atoms with Gasteiger partial charge in [0.15, 0.2) is 5.65 Å². The van der Waals surface area contributed by atoms with E-state index in [0.717, 1.165) is 45.2 Å². The first-order valence-electron chi connectivity index (χ1n) is 8.54. The molecule has 0 amide bonds. The number of anilines is 1. The van der Waals surface area contributed by atoms with Crippen LogP contribution in [0.3, 0.4) is 0 Å². The zero-order chi connectivity index (χ0) is 18.1. The van der Waals surface area contributed by atoms with Crippen LogP contribution in [0.4, 0.5) is 5.82 Å². The smallest absolute Gasteiger partial charge is 0.151 e. The number of nitrogens with one attached hydrogen (secondary N) is 1. The van der Waals surface area contributed by atoms with Crippen molar-refractivity contribution in [3.8, 4) is 5.82 Å². The Kier molecular flexibility index (Phi) is 4.08. The third kappa shape index (κ3) is 2.79. The van der Waals surface area contributed by atoms with Gasteiger partial charge in [0.05, 0.1) is 5.39 Å². The SMILES string of the molecule is Cc1cccc(-n2c(C)c(C)c3c(NCc4ccncc4)ncnc32)n1. The standard InChI is InChI=1S/C20H20N6/c1-13-5-4-6-17(25-13)26-15(3)14(2)18-19(23-12-24-20(18)26)22-11-16-7-9-21-10-8-16/h4-10,12H,11H2,1-3H3,(H,22,23,24). The zero-order valence-corrected chi connectivity index (χ0v) is 15.1. The number of aromatic nitrogens is 5. The van der Waals surface area contributed by atoms with Gasteiger partial charge >= 0.3 is 0 Å². The number of nitrogens with zero attached hydrogens (tertiary/aromatic N) is 5. The van der Waals surface area contributed by atoms with E-state index in [0.29, 0.717) is 6.54 Å². The van der Waals surface area contributed by atoms with Crippen molar-refractivity contribution in [1.29, 1.82) is 0 Å². The van der Waals surface area contributed by atoms with Gasteiger partial charge in [-0.05, 0) is 56.2 Å². The van der Waals surface area contributed by atoms with Crippen molar-refractivity contribution in [2.75, 3.05) is 5.32 Å². The molecule has 0 saturated carbocycles. The van der Waals surface area contributed by atoms with Crippen LogP contribution in [-0.2, 0) is 6.54 Å². The summed E-state index contributed by atoms with van der Waals surface area (Å²) in [5.41, 5.74) is 5.27. The maximum Gasteiger partial charge on any atom is 0.151 e. The molecule has 6 nitrogen and oxygen atoms in total. The van der Waals surface area contributed by atoms with Gasteiger partial charge in [0.2, 0.25) is 0 Å². The fourth-order valence-electron chi connectivity index (χ4n) is 3.15. The minimum absolute atomic E-state index is 0.682. The largest absolute Gasteiger partial charge is 0.365 e. The topological polar surface area (TPSA) is 68.5 Å². The Morgan fingerprint density at radius 2 is 1.81 bits per heavy atom. The van der Waals surface area contributed by atoms with Gasteiger partial charge < -0.3 is 5.32 Å². The first-order valence-corrected chi connectivity index (χ1v) is 8.54. The molecule has 0 bridgehead atoms. The number of rotatable bonds is 4. The average Bonchev–Trinajstić information content (AvgIpc) is 2.92. The van der Waals surface area contributed by atoms with Crippen LogP contribution in [-0.4, -0.2) is 24.5 Å². The molecule has 0 radical (unpaired) electrons. The van der Waals surface area contributed by atoms with Crippen LogP contribution in [0, 0.1) is 20.8 Å². The lowest BCUT2D eigenvalue weighted by Gasteiger charge is -2.09. The number of pyridine rings is 2. The van der Waals surface area contributed by atoms with Gasteiger partial charge in [-0.15, -0.1) is 0 Å². The summed E-state index contributed by atoms with van der Waals surface area (Å²) in [6.45, 7) is 6.87. The summed E-state index contributed by atoms with van der Waals surface area (Å²) >= 11 is 0. The summed E-state index contributed by atoms with van der Waals surface area (Å²) in [6, 6.07) is 10.00. The van der Waals surface area contributed by atoms with E-state index in [1.54, 1.807) is 18.7 Å². The lowest BCUT2D eigenvalue weighted by molar-refractivity contribution is 0.952. The van der Waals surface area contributed by atoms with Gasteiger partial charge in [0.25, 0.3) is 0 Å². The van der Waals surface area contributed by atoms with Crippen LogP contribution < -0.4 is 5.32 Å². The van der Waals surface area contributed by atoms with Crippen LogP contribution in [0.25, 0.3) is 16.9 Å². The highest BCUT2D eigenvalue weighted by molar-refractivity contribution is 5.92. The van der Waals surface area contributed by atoms with Crippen molar-refractivity contribution in [2.45, 2.75) is 27.3 Å². The van der Waals surface area contributed by atoms with Crippen molar-refractivity contribution in [1.82, 2.24) is 24.5 Å². The number of hydrogen-bond acceptors (Lipinski definition) is 5. The van der Waals surface area contributed by atoms with Crippen molar-refractivity contribution < 1.29 is 0 Å². The molecule has 4 rings (SSSR count). The second-order valence-corrected chi connectivity index (χ2v) is 6.31. The van der Waals surface area contributed by atoms with E-state index in [1.807, 2.05) is 37.3 Å². The van der Waals surface area contributed by atoms with Crippen LogP contribution in [0.1, 0.15) is 22.5 Å². The number of fused-ring (bicyclic) bond motifs is 1. The van der Waals surface area contributed by atoms with Gasteiger partial charge in [-0.1, -0.05) is 6.07 Å². The molecule has 0 aliphatic heterocycles. The molecule has 4 aromatic heterocycles. The Hall–Kier alpha value is -3.28. The van der Waals surface area contributed by atoms with E-state index >= 15 is 0 Å². The van der Waals surface area contributed by atoms with Gasteiger partial charge in [-0.25, -0.2) is 15.0 Å². The third-order valence-electron chi connectivity index (χ3n) is 4.60.